The lowest BCUT2D eigenvalue weighted by Gasteiger charge is -2.03. The summed E-state index contributed by atoms with van der Waals surface area (Å²) in [5.74, 6) is 0.782. The summed E-state index contributed by atoms with van der Waals surface area (Å²) < 4.78 is 5.42. The largest absolute Gasteiger partial charge is 0.490 e. The average Bonchev–Trinajstić information content (AvgIpc) is 2.62. The predicted octanol–water partition coefficient (Wildman–Crippen LogP) is 0.900. The number of nitrogens with one attached hydrogen (secondary N) is 1. The highest BCUT2D eigenvalue weighted by Crippen LogP contribution is 2.21. The Morgan fingerprint density at radius 1 is 1.46 bits per heavy atom. The number of para-hydroxylation sites is 1. The number of nitrogens with two attached hydrogens (primary N) is 1. The molecule has 1 aromatic heterocycles. The van der Waals surface area contributed by atoms with Crippen molar-refractivity contribution in [1.29, 1.82) is 0 Å². The van der Waals surface area contributed by atoms with Crippen LogP contribution < -0.4 is 10.5 Å². The van der Waals surface area contributed by atoms with Crippen LogP contribution in [-0.2, 0) is 0 Å². The molecule has 3 N–H and O–H groups in total. The van der Waals surface area contributed by atoms with Gasteiger partial charge in [0.1, 0.15) is 17.9 Å². The maximum atomic E-state index is 5.42. The van der Waals surface area contributed by atoms with E-state index in [0.717, 1.165) is 16.8 Å². The fourth-order valence-corrected chi connectivity index (χ4v) is 1.22. The van der Waals surface area contributed by atoms with Gasteiger partial charge in [-0.3, -0.25) is 0 Å². The van der Waals surface area contributed by atoms with Crippen LogP contribution in [0.3, 0.4) is 0 Å². The van der Waals surface area contributed by atoms with Crippen molar-refractivity contribution in [3.05, 3.63) is 24.5 Å². The van der Waals surface area contributed by atoms with Gasteiger partial charge >= 0.3 is 0 Å². The molecule has 0 saturated heterocycles. The summed E-state index contributed by atoms with van der Waals surface area (Å²) in [4.78, 5) is 7.16. The molecular formula is C9H11N3O. The van der Waals surface area contributed by atoms with Crippen molar-refractivity contribution < 1.29 is 4.74 Å². The molecule has 0 aliphatic heterocycles. The lowest BCUT2D eigenvalue weighted by atomic mass is 10.3. The summed E-state index contributed by atoms with van der Waals surface area (Å²) in [6.07, 6.45) is 1.65. The van der Waals surface area contributed by atoms with Crippen LogP contribution in [0.4, 0.5) is 0 Å². The van der Waals surface area contributed by atoms with Crippen LogP contribution in [0.25, 0.3) is 11.0 Å². The molecule has 1 heterocycles. The van der Waals surface area contributed by atoms with Crippen LogP contribution in [0, 0.1) is 0 Å². The lowest BCUT2D eigenvalue weighted by molar-refractivity contribution is 0.331. The number of ether oxygens (including phenoxy) is 1. The third-order valence-electron chi connectivity index (χ3n) is 1.79. The zero-order chi connectivity index (χ0) is 9.10. The Bertz CT molecular complexity index is 396. The third kappa shape index (κ3) is 1.48. The molecule has 0 unspecified atom stereocenters. The molecule has 0 radical (unpaired) electrons. The van der Waals surface area contributed by atoms with E-state index >= 15 is 0 Å². The quantitative estimate of drug-likeness (QED) is 0.732. The Hall–Kier alpha value is -1.55. The van der Waals surface area contributed by atoms with Gasteiger partial charge in [-0.25, -0.2) is 4.98 Å². The summed E-state index contributed by atoms with van der Waals surface area (Å²) in [6, 6.07) is 5.77. The van der Waals surface area contributed by atoms with E-state index in [1.165, 1.54) is 0 Å². The van der Waals surface area contributed by atoms with Crippen LogP contribution >= 0.6 is 0 Å². The Morgan fingerprint density at radius 2 is 2.38 bits per heavy atom. The first-order chi connectivity index (χ1) is 6.42. The van der Waals surface area contributed by atoms with Crippen molar-refractivity contribution in [2.75, 3.05) is 13.2 Å². The van der Waals surface area contributed by atoms with Crippen molar-refractivity contribution in [1.82, 2.24) is 9.97 Å². The summed E-state index contributed by atoms with van der Waals surface area (Å²) in [5.41, 5.74) is 7.18. The molecule has 0 fully saturated rings. The Kier molecular flexibility index (Phi) is 2.14. The van der Waals surface area contributed by atoms with E-state index in [4.69, 9.17) is 10.5 Å². The predicted molar refractivity (Wildman–Crippen MR) is 50.6 cm³/mol. The highest BCUT2D eigenvalue weighted by molar-refractivity contribution is 5.80. The summed E-state index contributed by atoms with van der Waals surface area (Å²) in [5, 5.41) is 0. The van der Waals surface area contributed by atoms with Gasteiger partial charge in [0.15, 0.2) is 0 Å². The van der Waals surface area contributed by atoms with Gasteiger partial charge in [0.25, 0.3) is 0 Å². The number of fused-ring (bicyclic) bond motifs is 1. The highest BCUT2D eigenvalue weighted by Gasteiger charge is 2.02. The smallest absolute Gasteiger partial charge is 0.147 e. The molecule has 4 heteroatoms. The Morgan fingerprint density at radius 3 is 3.23 bits per heavy atom. The molecular weight excluding hydrogens is 166 g/mol. The molecule has 0 aliphatic rings. The van der Waals surface area contributed by atoms with E-state index < -0.39 is 0 Å². The summed E-state index contributed by atoms with van der Waals surface area (Å²) in [6.45, 7) is 1.03. The number of nitrogens with zero attached hydrogens (tertiary/aromatic N) is 1. The molecule has 0 bridgehead atoms. The fourth-order valence-electron chi connectivity index (χ4n) is 1.22. The van der Waals surface area contributed by atoms with E-state index in [-0.39, 0.29) is 0 Å². The first kappa shape index (κ1) is 8.07. The Labute approximate surface area is 75.7 Å². The number of imidazole rings is 1. The first-order valence-electron chi connectivity index (χ1n) is 4.17. The van der Waals surface area contributed by atoms with Crippen LogP contribution in [0.2, 0.25) is 0 Å². The van der Waals surface area contributed by atoms with Gasteiger partial charge in [-0.2, -0.15) is 0 Å². The van der Waals surface area contributed by atoms with Crippen molar-refractivity contribution in [3.63, 3.8) is 0 Å². The van der Waals surface area contributed by atoms with Crippen molar-refractivity contribution in [3.8, 4) is 5.75 Å². The molecule has 68 valence electrons. The van der Waals surface area contributed by atoms with E-state index in [9.17, 15) is 0 Å². The molecule has 0 atom stereocenters. The first-order valence-corrected chi connectivity index (χ1v) is 4.17. The second-order valence-electron chi connectivity index (χ2n) is 2.69. The van der Waals surface area contributed by atoms with Crippen LogP contribution in [0.1, 0.15) is 0 Å². The van der Waals surface area contributed by atoms with E-state index in [0.29, 0.717) is 13.2 Å². The monoisotopic (exact) mass is 177 g/mol. The standard InChI is InChI=1S/C9H11N3O/c10-4-5-13-8-3-1-2-7-9(8)12-6-11-7/h1-3,6H,4-5,10H2,(H,11,12). The number of rotatable bonds is 3. The molecule has 1 aromatic carbocycles. The number of aromatic nitrogens is 2. The van der Waals surface area contributed by atoms with Gasteiger partial charge in [0, 0.05) is 6.54 Å². The van der Waals surface area contributed by atoms with Crippen molar-refractivity contribution >= 4 is 11.0 Å². The molecule has 0 aliphatic carbocycles. The van der Waals surface area contributed by atoms with Gasteiger partial charge in [0.05, 0.1) is 11.8 Å². The fraction of sp³-hybridized carbons (Fsp3) is 0.222. The highest BCUT2D eigenvalue weighted by atomic mass is 16.5. The molecule has 0 amide bonds. The zero-order valence-corrected chi connectivity index (χ0v) is 7.16. The molecule has 2 aromatic rings. The third-order valence-corrected chi connectivity index (χ3v) is 1.79. The minimum absolute atomic E-state index is 0.515. The van der Waals surface area contributed by atoms with Gasteiger partial charge in [-0.05, 0) is 12.1 Å². The lowest BCUT2D eigenvalue weighted by Crippen LogP contribution is -2.10. The number of H-pyrrole nitrogens is 1. The molecule has 13 heavy (non-hydrogen) atoms. The second-order valence-corrected chi connectivity index (χ2v) is 2.69. The van der Waals surface area contributed by atoms with Crippen LogP contribution in [0.5, 0.6) is 5.75 Å². The van der Waals surface area contributed by atoms with E-state index in [2.05, 4.69) is 9.97 Å². The summed E-state index contributed by atoms with van der Waals surface area (Å²) in [7, 11) is 0. The van der Waals surface area contributed by atoms with E-state index in [1.807, 2.05) is 18.2 Å². The van der Waals surface area contributed by atoms with Crippen molar-refractivity contribution in [2.24, 2.45) is 5.73 Å². The zero-order valence-electron chi connectivity index (χ0n) is 7.16. The molecule has 0 spiro atoms. The number of hydrogen-bond acceptors (Lipinski definition) is 3. The minimum Gasteiger partial charge on any atom is -0.490 e. The van der Waals surface area contributed by atoms with E-state index in [1.54, 1.807) is 6.33 Å². The van der Waals surface area contributed by atoms with Crippen molar-refractivity contribution in [2.45, 2.75) is 0 Å². The maximum Gasteiger partial charge on any atom is 0.147 e. The number of hydrogen-bond donors (Lipinski definition) is 2. The summed E-state index contributed by atoms with van der Waals surface area (Å²) >= 11 is 0. The van der Waals surface area contributed by atoms with Gasteiger partial charge in [-0.15, -0.1) is 0 Å². The van der Waals surface area contributed by atoms with Gasteiger partial charge in [-0.1, -0.05) is 6.07 Å². The maximum absolute atomic E-state index is 5.42. The normalized spacial score (nSPS) is 10.5. The van der Waals surface area contributed by atoms with Crippen LogP contribution in [-0.4, -0.2) is 23.1 Å². The molecule has 2 rings (SSSR count). The SMILES string of the molecule is NCCOc1cccc2[nH]cnc12. The van der Waals surface area contributed by atoms with Crippen LogP contribution in [0.15, 0.2) is 24.5 Å². The number of benzene rings is 1. The number of aromatic amines is 1. The minimum atomic E-state index is 0.515. The topological polar surface area (TPSA) is 63.9 Å². The van der Waals surface area contributed by atoms with Gasteiger partial charge in [0.2, 0.25) is 0 Å². The van der Waals surface area contributed by atoms with Gasteiger partial charge < -0.3 is 15.5 Å². The average molecular weight is 177 g/mol. The Balaban J connectivity index is 2.37. The molecule has 4 nitrogen and oxygen atoms in total. The second kappa shape index (κ2) is 3.45. The molecule has 0 saturated carbocycles.